The molecule has 0 spiro atoms. The summed E-state index contributed by atoms with van der Waals surface area (Å²) in [5.74, 6) is 0. The van der Waals surface area contributed by atoms with Gasteiger partial charge in [-0.2, -0.15) is 0 Å². The molecule has 0 saturated heterocycles. The fourth-order valence-corrected chi connectivity index (χ4v) is 0. The molecule has 0 bridgehead atoms. The van der Waals surface area contributed by atoms with Crippen molar-refractivity contribution in [3.05, 3.63) is 0 Å². The molecule has 0 aromatic rings. The predicted molar refractivity (Wildman–Crippen MR) is 33.2 cm³/mol. The standard InChI is InChI=1S/4HO3P.Ti/c4*1-4(2)3;/h4*(H,1,2,3);/q;;;;+4/p-4. The van der Waals surface area contributed by atoms with Crippen molar-refractivity contribution < 1.29 is 77.8 Å². The van der Waals surface area contributed by atoms with Gasteiger partial charge in [-0.1, -0.05) is 0 Å². The maximum Gasteiger partial charge on any atom is 4.00 e. The topological polar surface area (TPSA) is 229 Å². The van der Waals surface area contributed by atoms with Gasteiger partial charge in [0, 0.05) is 0 Å². The SMILES string of the molecule is O=P(=O)[O-].O=P(=O)[O-].O=P(=O)[O-].O=P(=O)[O-].[Ti+4]. The van der Waals surface area contributed by atoms with Crippen LogP contribution in [0.3, 0.4) is 0 Å². The zero-order chi connectivity index (χ0) is 14.3. The van der Waals surface area contributed by atoms with Crippen LogP contribution in [-0.4, -0.2) is 0 Å². The number of rotatable bonds is 0. The van der Waals surface area contributed by atoms with E-state index in [1.165, 1.54) is 0 Å². The van der Waals surface area contributed by atoms with Crippen molar-refractivity contribution in [3.63, 3.8) is 0 Å². The second-order valence-electron chi connectivity index (χ2n) is 0.894. The van der Waals surface area contributed by atoms with E-state index >= 15 is 0 Å². The van der Waals surface area contributed by atoms with Crippen molar-refractivity contribution in [1.82, 2.24) is 0 Å². The van der Waals surface area contributed by atoms with Gasteiger partial charge in [-0.05, 0) is 0 Å². The van der Waals surface area contributed by atoms with E-state index in [2.05, 4.69) is 0 Å². The zero-order valence-electron chi connectivity index (χ0n) is 7.19. The maximum atomic E-state index is 8.48. The van der Waals surface area contributed by atoms with E-state index in [4.69, 9.17) is 56.1 Å². The van der Waals surface area contributed by atoms with E-state index in [9.17, 15) is 0 Å². The smallest absolute Gasteiger partial charge is 0.744 e. The van der Waals surface area contributed by atoms with Gasteiger partial charge in [-0.15, -0.1) is 0 Å². The molecule has 0 aliphatic rings. The summed E-state index contributed by atoms with van der Waals surface area (Å²) in [6.07, 6.45) is 0. The zero-order valence-corrected chi connectivity index (χ0v) is 12.3. The monoisotopic (exact) mass is 364 g/mol. The largest absolute Gasteiger partial charge is 4.00 e. The van der Waals surface area contributed by atoms with Crippen LogP contribution >= 0.6 is 31.6 Å². The Morgan fingerprint density at radius 3 is 0.412 bits per heavy atom. The third-order valence-corrected chi connectivity index (χ3v) is 0. The summed E-state index contributed by atoms with van der Waals surface area (Å²) in [5.41, 5.74) is 0. The Bertz CT molecular complexity index is 292. The van der Waals surface area contributed by atoms with E-state index in [0.29, 0.717) is 0 Å². The second kappa shape index (κ2) is 25.1. The third kappa shape index (κ3) is 136000. The Morgan fingerprint density at radius 2 is 0.412 bits per heavy atom. The molecule has 0 aromatic heterocycles. The van der Waals surface area contributed by atoms with E-state index < -0.39 is 31.6 Å². The molecule has 17 heteroatoms. The third-order valence-electron chi connectivity index (χ3n) is 0. The number of hydrogen-bond donors (Lipinski definition) is 0. The fourth-order valence-electron chi connectivity index (χ4n) is 0. The van der Waals surface area contributed by atoms with Crippen LogP contribution in [0, 0.1) is 0 Å². The molecule has 17 heavy (non-hydrogen) atoms. The van der Waals surface area contributed by atoms with Crippen molar-refractivity contribution in [2.24, 2.45) is 0 Å². The van der Waals surface area contributed by atoms with Crippen molar-refractivity contribution in [2.45, 2.75) is 0 Å². The minimum absolute atomic E-state index is 0. The first kappa shape index (κ1) is 30.3. The van der Waals surface area contributed by atoms with Crippen LogP contribution in [0.15, 0.2) is 0 Å². The van der Waals surface area contributed by atoms with Crippen LogP contribution in [0.25, 0.3) is 0 Å². The first-order valence-corrected chi connectivity index (χ1v) is 6.57. The average Bonchev–Trinajstić information content (AvgIpc) is 1.76. The molecule has 0 radical (unpaired) electrons. The van der Waals surface area contributed by atoms with Crippen molar-refractivity contribution in [2.75, 3.05) is 0 Å². The van der Waals surface area contributed by atoms with Gasteiger partial charge in [-0.25, -0.2) is 0 Å². The maximum absolute atomic E-state index is 8.48. The molecule has 12 nitrogen and oxygen atoms in total. The van der Waals surface area contributed by atoms with Crippen LogP contribution in [0.4, 0.5) is 0 Å². The van der Waals surface area contributed by atoms with Gasteiger partial charge in [0.15, 0.2) is 0 Å². The summed E-state index contributed by atoms with van der Waals surface area (Å²) in [5, 5.41) is 0. The van der Waals surface area contributed by atoms with E-state index in [1.807, 2.05) is 0 Å². The van der Waals surface area contributed by atoms with Gasteiger partial charge < -0.3 is 19.6 Å². The molecule has 0 aliphatic carbocycles. The Kier molecular flexibility index (Phi) is 44.8. The van der Waals surface area contributed by atoms with Crippen LogP contribution in [-0.2, 0) is 58.2 Å². The molecule has 0 fully saturated rings. The normalized spacial score (nSPS) is 5.88. The molecule has 0 atom stereocenters. The Balaban J connectivity index is -0.0000000369. The molecule has 0 saturated carbocycles. The molecule has 0 aromatic carbocycles. The van der Waals surface area contributed by atoms with Gasteiger partial charge in [0.2, 0.25) is 31.6 Å². The molecular formula is O12P4Ti. The van der Waals surface area contributed by atoms with Crippen LogP contribution in [0.5, 0.6) is 0 Å². The molecule has 0 N–H and O–H groups in total. The summed E-state index contributed by atoms with van der Waals surface area (Å²) in [4.78, 5) is 33.9. The summed E-state index contributed by atoms with van der Waals surface area (Å²) in [6, 6.07) is 0. The Labute approximate surface area is 110 Å². The van der Waals surface area contributed by atoms with Gasteiger partial charge >= 0.3 is 21.7 Å². The Hall–Kier alpha value is 0.154. The fraction of sp³-hybridized carbons (Fsp3) is 0. The molecule has 96 valence electrons. The second-order valence-corrected chi connectivity index (χ2v) is 2.68. The van der Waals surface area contributed by atoms with Crippen LogP contribution in [0.2, 0.25) is 0 Å². The molecule has 0 rings (SSSR count). The molecular weight excluding hydrogens is 364 g/mol. The summed E-state index contributed by atoms with van der Waals surface area (Å²) in [6.45, 7) is 0. The van der Waals surface area contributed by atoms with Crippen molar-refractivity contribution >= 4 is 31.6 Å². The van der Waals surface area contributed by atoms with Gasteiger partial charge in [0.25, 0.3) is 0 Å². The summed E-state index contributed by atoms with van der Waals surface area (Å²) < 4.78 is 67.9. The van der Waals surface area contributed by atoms with E-state index in [-0.39, 0.29) is 21.7 Å². The molecule has 0 heterocycles. The quantitative estimate of drug-likeness (QED) is 0.327. The summed E-state index contributed by atoms with van der Waals surface area (Å²) >= 11 is 0. The van der Waals surface area contributed by atoms with Gasteiger partial charge in [-0.3, -0.25) is 36.5 Å². The minimum atomic E-state index is -3.37. The van der Waals surface area contributed by atoms with Crippen LogP contribution < -0.4 is 19.6 Å². The minimum Gasteiger partial charge on any atom is -0.744 e. The van der Waals surface area contributed by atoms with Crippen molar-refractivity contribution in [1.29, 1.82) is 0 Å². The van der Waals surface area contributed by atoms with E-state index in [0.717, 1.165) is 0 Å². The van der Waals surface area contributed by atoms with Gasteiger partial charge in [0.1, 0.15) is 0 Å². The predicted octanol–water partition coefficient (Wildman–Crippen LogP) is -2.26. The van der Waals surface area contributed by atoms with Gasteiger partial charge in [0.05, 0.1) is 0 Å². The molecule has 0 amide bonds. The van der Waals surface area contributed by atoms with E-state index in [1.54, 1.807) is 0 Å². The summed E-state index contributed by atoms with van der Waals surface area (Å²) in [7, 11) is -13.5. The average molecular weight is 364 g/mol. The number of hydrogen-bond acceptors (Lipinski definition) is 12. The molecule has 0 aliphatic heterocycles. The van der Waals surface area contributed by atoms with Crippen molar-refractivity contribution in [3.8, 4) is 0 Å². The Morgan fingerprint density at radius 1 is 0.412 bits per heavy atom. The first-order chi connectivity index (χ1) is 6.93. The first-order valence-electron chi connectivity index (χ1n) is 2.19. The molecule has 0 unspecified atom stereocenters. The van der Waals surface area contributed by atoms with Crippen LogP contribution in [0.1, 0.15) is 0 Å².